The van der Waals surface area contributed by atoms with Crippen molar-refractivity contribution in [3.05, 3.63) is 71.8 Å². The second kappa shape index (κ2) is 6.21. The maximum Gasteiger partial charge on any atom is 0.0853 e. The van der Waals surface area contributed by atoms with Crippen LogP contribution >= 0.6 is 0 Å². The molecule has 0 aliphatic carbocycles. The van der Waals surface area contributed by atoms with Gasteiger partial charge in [-0.1, -0.05) is 60.7 Å². The van der Waals surface area contributed by atoms with Gasteiger partial charge >= 0.3 is 0 Å². The predicted octanol–water partition coefficient (Wildman–Crippen LogP) is 3.51. The molecule has 0 spiro atoms. The second-order valence-electron chi connectivity index (χ2n) is 5.47. The summed E-state index contributed by atoms with van der Waals surface area (Å²) in [6, 6.07) is 20.5. The monoisotopic (exact) mass is 268 g/mol. The first-order valence-electron chi connectivity index (χ1n) is 7.23. The zero-order valence-corrected chi connectivity index (χ0v) is 11.5. The minimum Gasteiger partial charge on any atom is -0.393 e. The molecule has 1 saturated heterocycles. The van der Waals surface area contributed by atoms with Crippen molar-refractivity contribution < 1.29 is 9.84 Å². The molecule has 1 fully saturated rings. The molecule has 1 aliphatic rings. The molecule has 0 aromatic heterocycles. The molecule has 0 unspecified atom stereocenters. The van der Waals surface area contributed by atoms with Crippen LogP contribution in [0, 0.1) is 0 Å². The Hall–Kier alpha value is -1.64. The number of hydrogen-bond donors (Lipinski definition) is 1. The Kier molecular flexibility index (Phi) is 4.14. The summed E-state index contributed by atoms with van der Waals surface area (Å²) in [5, 5.41) is 10.1. The van der Waals surface area contributed by atoms with Crippen LogP contribution in [0.15, 0.2) is 60.7 Å². The SMILES string of the molecule is O[C@@H]1C[C@H](Cc2ccccc2)O[C@H](c2ccccc2)C1. The summed E-state index contributed by atoms with van der Waals surface area (Å²) in [6.07, 6.45) is 2.09. The molecule has 1 heterocycles. The van der Waals surface area contributed by atoms with Gasteiger partial charge in [-0.2, -0.15) is 0 Å². The zero-order chi connectivity index (χ0) is 13.8. The van der Waals surface area contributed by atoms with Gasteiger partial charge in [-0.15, -0.1) is 0 Å². The summed E-state index contributed by atoms with van der Waals surface area (Å²) < 4.78 is 6.19. The third-order valence-electron chi connectivity index (χ3n) is 3.86. The van der Waals surface area contributed by atoms with E-state index in [2.05, 4.69) is 24.3 Å². The number of aliphatic hydroxyl groups excluding tert-OH is 1. The largest absolute Gasteiger partial charge is 0.393 e. The molecule has 0 bridgehead atoms. The lowest BCUT2D eigenvalue weighted by Crippen LogP contribution is -2.32. The van der Waals surface area contributed by atoms with Crippen molar-refractivity contribution in [1.82, 2.24) is 0 Å². The number of hydrogen-bond acceptors (Lipinski definition) is 2. The lowest BCUT2D eigenvalue weighted by molar-refractivity contribution is -0.0967. The Morgan fingerprint density at radius 3 is 2.25 bits per heavy atom. The molecule has 1 aliphatic heterocycles. The highest BCUT2D eigenvalue weighted by molar-refractivity contribution is 5.19. The predicted molar refractivity (Wildman–Crippen MR) is 79.4 cm³/mol. The average Bonchev–Trinajstić information content (AvgIpc) is 2.49. The van der Waals surface area contributed by atoms with E-state index in [1.54, 1.807) is 0 Å². The van der Waals surface area contributed by atoms with Crippen molar-refractivity contribution in [2.24, 2.45) is 0 Å². The van der Waals surface area contributed by atoms with Gasteiger partial charge in [0.2, 0.25) is 0 Å². The van der Waals surface area contributed by atoms with Gasteiger partial charge < -0.3 is 9.84 Å². The van der Waals surface area contributed by atoms with E-state index < -0.39 is 0 Å². The minimum atomic E-state index is -0.275. The maximum absolute atomic E-state index is 10.1. The van der Waals surface area contributed by atoms with Gasteiger partial charge in [-0.25, -0.2) is 0 Å². The van der Waals surface area contributed by atoms with Crippen molar-refractivity contribution in [3.8, 4) is 0 Å². The Labute approximate surface area is 120 Å². The molecule has 0 radical (unpaired) electrons. The molecule has 104 valence electrons. The van der Waals surface area contributed by atoms with Crippen LogP contribution < -0.4 is 0 Å². The van der Waals surface area contributed by atoms with Gasteiger partial charge in [0.25, 0.3) is 0 Å². The van der Waals surface area contributed by atoms with E-state index in [1.807, 2.05) is 36.4 Å². The summed E-state index contributed by atoms with van der Waals surface area (Å²) in [5.74, 6) is 0. The van der Waals surface area contributed by atoms with E-state index in [1.165, 1.54) is 5.56 Å². The van der Waals surface area contributed by atoms with Crippen molar-refractivity contribution >= 4 is 0 Å². The highest BCUT2D eigenvalue weighted by Crippen LogP contribution is 2.32. The lowest BCUT2D eigenvalue weighted by atomic mass is 9.93. The molecule has 2 aromatic carbocycles. The van der Waals surface area contributed by atoms with E-state index >= 15 is 0 Å². The van der Waals surface area contributed by atoms with Gasteiger partial charge in [-0.3, -0.25) is 0 Å². The van der Waals surface area contributed by atoms with Crippen molar-refractivity contribution in [2.45, 2.75) is 37.6 Å². The molecule has 2 nitrogen and oxygen atoms in total. The van der Waals surface area contributed by atoms with Crippen LogP contribution in [0.2, 0.25) is 0 Å². The number of aliphatic hydroxyl groups is 1. The number of rotatable bonds is 3. The fourth-order valence-electron chi connectivity index (χ4n) is 2.88. The van der Waals surface area contributed by atoms with E-state index in [9.17, 15) is 5.11 Å². The molecule has 3 rings (SSSR count). The van der Waals surface area contributed by atoms with E-state index in [4.69, 9.17) is 4.74 Å². The Bertz CT molecular complexity index is 524. The standard InChI is InChI=1S/C18H20O2/c19-16-12-17(11-14-7-3-1-4-8-14)20-18(13-16)15-9-5-2-6-10-15/h1-10,16-19H,11-13H2/t16-,17+,18+/m1/s1. The van der Waals surface area contributed by atoms with Crippen LogP contribution in [0.25, 0.3) is 0 Å². The van der Waals surface area contributed by atoms with Crippen molar-refractivity contribution in [3.63, 3.8) is 0 Å². The van der Waals surface area contributed by atoms with E-state index in [-0.39, 0.29) is 18.3 Å². The third-order valence-corrected chi connectivity index (χ3v) is 3.86. The molecular formula is C18H20O2. The molecule has 1 N–H and O–H groups in total. The average molecular weight is 268 g/mol. The fraction of sp³-hybridized carbons (Fsp3) is 0.333. The third kappa shape index (κ3) is 3.27. The summed E-state index contributed by atoms with van der Waals surface area (Å²) in [7, 11) is 0. The van der Waals surface area contributed by atoms with Crippen molar-refractivity contribution in [2.75, 3.05) is 0 Å². The van der Waals surface area contributed by atoms with Crippen molar-refractivity contribution in [1.29, 1.82) is 0 Å². The molecule has 3 atom stereocenters. The Morgan fingerprint density at radius 1 is 0.900 bits per heavy atom. The van der Waals surface area contributed by atoms with Crippen LogP contribution in [0.3, 0.4) is 0 Å². The first-order chi connectivity index (χ1) is 9.81. The highest BCUT2D eigenvalue weighted by Gasteiger charge is 2.29. The lowest BCUT2D eigenvalue weighted by Gasteiger charge is -2.33. The Balaban J connectivity index is 1.70. The zero-order valence-electron chi connectivity index (χ0n) is 11.5. The summed E-state index contributed by atoms with van der Waals surface area (Å²) in [4.78, 5) is 0. The molecule has 20 heavy (non-hydrogen) atoms. The van der Waals surface area contributed by atoms with Gasteiger partial charge in [0.15, 0.2) is 0 Å². The van der Waals surface area contributed by atoms with Gasteiger partial charge in [0.1, 0.15) is 0 Å². The topological polar surface area (TPSA) is 29.5 Å². The number of benzene rings is 2. The van der Waals surface area contributed by atoms with Crippen LogP contribution in [-0.2, 0) is 11.2 Å². The fourth-order valence-corrected chi connectivity index (χ4v) is 2.88. The summed E-state index contributed by atoms with van der Waals surface area (Å²) >= 11 is 0. The molecule has 0 amide bonds. The van der Waals surface area contributed by atoms with E-state index in [0.29, 0.717) is 6.42 Å². The normalized spacial score (nSPS) is 26.4. The van der Waals surface area contributed by atoms with Gasteiger partial charge in [0.05, 0.1) is 18.3 Å². The molecule has 0 saturated carbocycles. The molecule has 2 heteroatoms. The van der Waals surface area contributed by atoms with Gasteiger partial charge in [-0.05, 0) is 24.0 Å². The first kappa shape index (κ1) is 13.3. The highest BCUT2D eigenvalue weighted by atomic mass is 16.5. The molecule has 2 aromatic rings. The smallest absolute Gasteiger partial charge is 0.0853 e. The second-order valence-corrected chi connectivity index (χ2v) is 5.47. The minimum absolute atomic E-state index is 0.00802. The van der Waals surface area contributed by atoms with Crippen LogP contribution in [0.4, 0.5) is 0 Å². The Morgan fingerprint density at radius 2 is 1.55 bits per heavy atom. The van der Waals surface area contributed by atoms with E-state index in [0.717, 1.165) is 18.4 Å². The van der Waals surface area contributed by atoms with Crippen LogP contribution in [0.5, 0.6) is 0 Å². The summed E-state index contributed by atoms with van der Waals surface area (Å²) in [5.41, 5.74) is 2.42. The van der Waals surface area contributed by atoms with Gasteiger partial charge in [0, 0.05) is 6.42 Å². The maximum atomic E-state index is 10.1. The number of ether oxygens (including phenoxy) is 1. The quantitative estimate of drug-likeness (QED) is 0.923. The molecular weight excluding hydrogens is 248 g/mol. The summed E-state index contributed by atoms with van der Waals surface area (Å²) in [6.45, 7) is 0. The van der Waals surface area contributed by atoms with Crippen LogP contribution in [-0.4, -0.2) is 17.3 Å². The van der Waals surface area contributed by atoms with Crippen LogP contribution in [0.1, 0.15) is 30.1 Å². The first-order valence-corrected chi connectivity index (χ1v) is 7.23.